The third-order valence-corrected chi connectivity index (χ3v) is 4.94. The monoisotopic (exact) mass is 309 g/mol. The molecule has 0 saturated carbocycles. The van der Waals surface area contributed by atoms with Gasteiger partial charge in [0, 0.05) is 54.0 Å². The fraction of sp³-hybridized carbons (Fsp3) is 0.533. The fourth-order valence-corrected chi connectivity index (χ4v) is 3.52. The number of anilines is 1. The Labute approximate surface area is 128 Å². The molecule has 1 aliphatic rings. The van der Waals surface area contributed by atoms with Gasteiger partial charge in [-0.1, -0.05) is 18.2 Å². The highest BCUT2D eigenvalue weighted by molar-refractivity contribution is 7.85. The summed E-state index contributed by atoms with van der Waals surface area (Å²) in [7, 11) is -0.638. The van der Waals surface area contributed by atoms with Crippen molar-refractivity contribution in [2.75, 3.05) is 36.5 Å². The van der Waals surface area contributed by atoms with Gasteiger partial charge in [0.15, 0.2) is 0 Å². The van der Waals surface area contributed by atoms with Crippen LogP contribution in [0.25, 0.3) is 0 Å². The predicted octanol–water partition coefficient (Wildman–Crippen LogP) is 0.928. The molecule has 5 nitrogen and oxygen atoms in total. The van der Waals surface area contributed by atoms with Crippen LogP contribution < -0.4 is 11.1 Å². The molecule has 0 unspecified atom stereocenters. The Morgan fingerprint density at radius 1 is 1.29 bits per heavy atom. The summed E-state index contributed by atoms with van der Waals surface area (Å²) in [6.07, 6.45) is 1.32. The molecule has 1 amide bonds. The van der Waals surface area contributed by atoms with Crippen LogP contribution in [0.5, 0.6) is 0 Å². The summed E-state index contributed by atoms with van der Waals surface area (Å²) in [6.45, 7) is 3.07. The molecule has 0 spiro atoms. The van der Waals surface area contributed by atoms with Gasteiger partial charge in [0.2, 0.25) is 5.91 Å². The number of amides is 1. The number of carbonyl (C=O) groups is 1. The SMILES string of the molecule is NCc1ccccc1NC(=O)CCCN1CCS(=O)CC1. The van der Waals surface area contributed by atoms with Crippen LogP contribution in [0, 0.1) is 0 Å². The molecule has 1 aliphatic heterocycles. The van der Waals surface area contributed by atoms with E-state index < -0.39 is 10.8 Å². The van der Waals surface area contributed by atoms with Crippen LogP contribution >= 0.6 is 0 Å². The van der Waals surface area contributed by atoms with Crippen LogP contribution in [0.1, 0.15) is 18.4 Å². The van der Waals surface area contributed by atoms with Gasteiger partial charge in [-0.05, 0) is 24.6 Å². The summed E-state index contributed by atoms with van der Waals surface area (Å²) in [5, 5.41) is 2.92. The Morgan fingerprint density at radius 3 is 2.71 bits per heavy atom. The predicted molar refractivity (Wildman–Crippen MR) is 86.5 cm³/mol. The van der Waals surface area contributed by atoms with E-state index in [2.05, 4.69) is 10.2 Å². The summed E-state index contributed by atoms with van der Waals surface area (Å²) in [5.74, 6) is 1.54. The molecule has 0 aliphatic carbocycles. The highest BCUT2D eigenvalue weighted by Gasteiger charge is 2.15. The standard InChI is InChI=1S/C15H23N3O2S/c16-12-13-4-1-2-5-14(13)17-15(19)6-3-7-18-8-10-21(20)11-9-18/h1-2,4-5H,3,6-12,16H2,(H,17,19). The number of benzene rings is 1. The van der Waals surface area contributed by atoms with E-state index in [1.54, 1.807) is 0 Å². The smallest absolute Gasteiger partial charge is 0.224 e. The zero-order chi connectivity index (χ0) is 15.1. The molecular weight excluding hydrogens is 286 g/mol. The molecule has 0 atom stereocenters. The maximum absolute atomic E-state index is 12.0. The summed E-state index contributed by atoms with van der Waals surface area (Å²) in [6, 6.07) is 7.60. The number of nitrogens with two attached hydrogens (primary N) is 1. The first-order valence-corrected chi connectivity index (χ1v) is 8.83. The normalized spacial score (nSPS) is 16.8. The van der Waals surface area contributed by atoms with E-state index >= 15 is 0 Å². The lowest BCUT2D eigenvalue weighted by Gasteiger charge is -2.25. The number of para-hydroxylation sites is 1. The quantitative estimate of drug-likeness (QED) is 0.819. The zero-order valence-corrected chi connectivity index (χ0v) is 13.0. The first kappa shape index (κ1) is 16.1. The maximum Gasteiger partial charge on any atom is 0.224 e. The van der Waals surface area contributed by atoms with Crippen molar-refractivity contribution < 1.29 is 9.00 Å². The Hall–Kier alpha value is -1.24. The number of hydrogen-bond donors (Lipinski definition) is 2. The first-order chi connectivity index (χ1) is 10.2. The molecule has 0 radical (unpaired) electrons. The zero-order valence-electron chi connectivity index (χ0n) is 12.2. The Bertz CT molecular complexity index is 497. The summed E-state index contributed by atoms with van der Waals surface area (Å²) in [5.41, 5.74) is 7.40. The molecule has 21 heavy (non-hydrogen) atoms. The lowest BCUT2D eigenvalue weighted by molar-refractivity contribution is -0.116. The molecule has 6 heteroatoms. The fourth-order valence-electron chi connectivity index (χ4n) is 2.40. The molecule has 0 aromatic heterocycles. The average molecular weight is 309 g/mol. The van der Waals surface area contributed by atoms with Crippen molar-refractivity contribution in [2.24, 2.45) is 5.73 Å². The topological polar surface area (TPSA) is 75.4 Å². The molecule has 3 N–H and O–H groups in total. The van der Waals surface area contributed by atoms with Gasteiger partial charge < -0.3 is 16.0 Å². The molecule has 0 bridgehead atoms. The average Bonchev–Trinajstić information content (AvgIpc) is 2.50. The summed E-state index contributed by atoms with van der Waals surface area (Å²) < 4.78 is 11.3. The van der Waals surface area contributed by atoms with E-state index in [-0.39, 0.29) is 5.91 Å². The molecule has 1 heterocycles. The second kappa shape index (κ2) is 8.26. The Morgan fingerprint density at radius 2 is 2.00 bits per heavy atom. The van der Waals surface area contributed by atoms with E-state index in [0.29, 0.717) is 13.0 Å². The van der Waals surface area contributed by atoms with Crippen LogP contribution in [0.4, 0.5) is 5.69 Å². The third-order valence-electron chi connectivity index (χ3n) is 3.66. The molecule has 1 aromatic carbocycles. The Kier molecular flexibility index (Phi) is 6.35. The summed E-state index contributed by atoms with van der Waals surface area (Å²) in [4.78, 5) is 14.2. The second-order valence-electron chi connectivity index (χ2n) is 5.20. The van der Waals surface area contributed by atoms with E-state index in [0.717, 1.165) is 48.8 Å². The van der Waals surface area contributed by atoms with Gasteiger partial charge in [0.25, 0.3) is 0 Å². The van der Waals surface area contributed by atoms with Crippen LogP contribution in [0.2, 0.25) is 0 Å². The van der Waals surface area contributed by atoms with Gasteiger partial charge in [-0.3, -0.25) is 9.00 Å². The molecule has 1 aromatic rings. The van der Waals surface area contributed by atoms with Gasteiger partial charge in [0.05, 0.1) is 0 Å². The molecular formula is C15H23N3O2S. The summed E-state index contributed by atoms with van der Waals surface area (Å²) >= 11 is 0. The molecule has 2 rings (SSSR count). The van der Waals surface area contributed by atoms with Gasteiger partial charge in [-0.15, -0.1) is 0 Å². The second-order valence-corrected chi connectivity index (χ2v) is 6.90. The van der Waals surface area contributed by atoms with Crippen molar-refractivity contribution in [3.05, 3.63) is 29.8 Å². The van der Waals surface area contributed by atoms with Gasteiger partial charge in [-0.25, -0.2) is 0 Å². The minimum atomic E-state index is -0.638. The van der Waals surface area contributed by atoms with Gasteiger partial charge >= 0.3 is 0 Å². The Balaban J connectivity index is 1.71. The number of nitrogens with zero attached hydrogens (tertiary/aromatic N) is 1. The lowest BCUT2D eigenvalue weighted by Crippen LogP contribution is -2.38. The number of nitrogens with one attached hydrogen (secondary N) is 1. The van der Waals surface area contributed by atoms with Crippen molar-refractivity contribution in [1.29, 1.82) is 0 Å². The minimum absolute atomic E-state index is 0.0245. The molecule has 116 valence electrons. The lowest BCUT2D eigenvalue weighted by atomic mass is 10.1. The van der Waals surface area contributed by atoms with E-state index in [1.807, 2.05) is 24.3 Å². The van der Waals surface area contributed by atoms with Crippen molar-refractivity contribution in [2.45, 2.75) is 19.4 Å². The van der Waals surface area contributed by atoms with Crippen molar-refractivity contribution in [3.63, 3.8) is 0 Å². The van der Waals surface area contributed by atoms with E-state index in [4.69, 9.17) is 5.73 Å². The van der Waals surface area contributed by atoms with Crippen LogP contribution in [0.15, 0.2) is 24.3 Å². The van der Waals surface area contributed by atoms with Crippen LogP contribution in [0.3, 0.4) is 0 Å². The number of rotatable bonds is 6. The first-order valence-electron chi connectivity index (χ1n) is 7.34. The van der Waals surface area contributed by atoms with E-state index in [1.165, 1.54) is 0 Å². The molecule has 1 fully saturated rings. The highest BCUT2D eigenvalue weighted by Crippen LogP contribution is 2.14. The van der Waals surface area contributed by atoms with E-state index in [9.17, 15) is 9.00 Å². The van der Waals surface area contributed by atoms with Crippen LogP contribution in [-0.2, 0) is 22.1 Å². The third kappa shape index (κ3) is 5.22. The highest BCUT2D eigenvalue weighted by atomic mass is 32.2. The minimum Gasteiger partial charge on any atom is -0.326 e. The largest absolute Gasteiger partial charge is 0.326 e. The van der Waals surface area contributed by atoms with Crippen molar-refractivity contribution in [1.82, 2.24) is 4.90 Å². The van der Waals surface area contributed by atoms with Crippen molar-refractivity contribution >= 4 is 22.4 Å². The maximum atomic E-state index is 12.0. The van der Waals surface area contributed by atoms with Gasteiger partial charge in [-0.2, -0.15) is 0 Å². The number of carbonyl (C=O) groups excluding carboxylic acids is 1. The van der Waals surface area contributed by atoms with Crippen molar-refractivity contribution in [3.8, 4) is 0 Å². The van der Waals surface area contributed by atoms with Gasteiger partial charge in [0.1, 0.15) is 0 Å². The van der Waals surface area contributed by atoms with Crippen LogP contribution in [-0.4, -0.2) is 46.2 Å². The number of hydrogen-bond acceptors (Lipinski definition) is 4. The molecule has 1 saturated heterocycles.